The summed E-state index contributed by atoms with van der Waals surface area (Å²) >= 11 is 0. The number of benzene rings is 3. The van der Waals surface area contributed by atoms with Crippen LogP contribution in [-0.4, -0.2) is 40.3 Å². The molecule has 4 aromatic rings. The molecule has 0 spiro atoms. The van der Waals surface area contributed by atoms with Crippen molar-refractivity contribution >= 4 is 17.3 Å². The average molecular weight is 450 g/mol. The van der Waals surface area contributed by atoms with Crippen molar-refractivity contribution in [3.05, 3.63) is 114 Å². The van der Waals surface area contributed by atoms with Crippen molar-refractivity contribution in [2.45, 2.75) is 18.9 Å². The highest BCUT2D eigenvalue weighted by molar-refractivity contribution is 6.03. The van der Waals surface area contributed by atoms with Crippen molar-refractivity contribution in [3.63, 3.8) is 0 Å². The molecule has 170 valence electrons. The van der Waals surface area contributed by atoms with Gasteiger partial charge in [0, 0.05) is 44.3 Å². The van der Waals surface area contributed by atoms with Crippen LogP contribution in [0, 0.1) is 0 Å². The van der Waals surface area contributed by atoms with Gasteiger partial charge in [0.1, 0.15) is 0 Å². The second-order valence-electron chi connectivity index (χ2n) is 8.67. The number of rotatable bonds is 6. The third kappa shape index (κ3) is 4.48. The number of aromatic nitrogens is 2. The first-order valence-corrected chi connectivity index (χ1v) is 11.4. The molecule has 0 N–H and O–H groups in total. The fourth-order valence-electron chi connectivity index (χ4n) is 4.26. The zero-order valence-electron chi connectivity index (χ0n) is 19.4. The second kappa shape index (κ2) is 9.35. The van der Waals surface area contributed by atoms with Gasteiger partial charge in [-0.05, 0) is 41.0 Å². The summed E-state index contributed by atoms with van der Waals surface area (Å²) in [5, 5.41) is 6.51. The van der Waals surface area contributed by atoms with Gasteiger partial charge in [-0.25, -0.2) is 9.99 Å². The van der Waals surface area contributed by atoms with Gasteiger partial charge in [-0.2, -0.15) is 5.10 Å². The number of hydrogen-bond acceptors (Lipinski definition) is 4. The Bertz CT molecular complexity index is 1280. The van der Waals surface area contributed by atoms with E-state index in [2.05, 4.69) is 58.4 Å². The number of carbonyl (C=O) groups is 1. The van der Waals surface area contributed by atoms with Gasteiger partial charge in [-0.15, -0.1) is 0 Å². The maximum absolute atomic E-state index is 13.4. The monoisotopic (exact) mass is 449 g/mol. The summed E-state index contributed by atoms with van der Waals surface area (Å²) in [6, 6.07) is 26.3. The van der Waals surface area contributed by atoms with E-state index >= 15 is 0 Å². The SMILES string of the molecule is CN(C)c1ccc(C2CC(c3ccc(-n4ccnc4)cc3)=NN2C(=O)Cc2ccccc2)cc1. The van der Waals surface area contributed by atoms with Gasteiger partial charge >= 0.3 is 0 Å². The van der Waals surface area contributed by atoms with Gasteiger partial charge < -0.3 is 9.47 Å². The van der Waals surface area contributed by atoms with E-state index < -0.39 is 0 Å². The standard InChI is InChI=1S/C28H27N5O/c1-31(2)24-12-10-23(11-13-24)27-19-26(22-8-14-25(15-9-22)32-17-16-29-20-32)30-33(27)28(34)18-21-6-4-3-5-7-21/h3-17,20,27H,18-19H2,1-2H3. The van der Waals surface area contributed by atoms with Crippen LogP contribution in [0.1, 0.15) is 29.2 Å². The fourth-order valence-corrected chi connectivity index (χ4v) is 4.26. The van der Waals surface area contributed by atoms with Crippen LogP contribution in [0.3, 0.4) is 0 Å². The molecule has 6 heteroatoms. The van der Waals surface area contributed by atoms with E-state index in [4.69, 9.17) is 5.10 Å². The van der Waals surface area contributed by atoms with Crippen LogP contribution in [0.5, 0.6) is 0 Å². The first-order chi connectivity index (χ1) is 16.6. The van der Waals surface area contributed by atoms with Gasteiger partial charge in [0.25, 0.3) is 0 Å². The molecule has 1 aromatic heterocycles. The molecule has 1 atom stereocenters. The molecule has 2 heterocycles. The normalized spacial score (nSPS) is 15.3. The predicted molar refractivity (Wildman–Crippen MR) is 135 cm³/mol. The Morgan fingerprint density at radius 3 is 2.35 bits per heavy atom. The Morgan fingerprint density at radius 1 is 0.971 bits per heavy atom. The Labute approximate surface area is 199 Å². The number of imidazole rings is 1. The van der Waals surface area contributed by atoms with E-state index in [-0.39, 0.29) is 11.9 Å². The summed E-state index contributed by atoms with van der Waals surface area (Å²) in [4.78, 5) is 19.5. The largest absolute Gasteiger partial charge is 0.378 e. The lowest BCUT2D eigenvalue weighted by Gasteiger charge is -2.23. The van der Waals surface area contributed by atoms with Crippen LogP contribution in [0.4, 0.5) is 5.69 Å². The molecule has 0 bridgehead atoms. The van der Waals surface area contributed by atoms with Crippen LogP contribution in [0.15, 0.2) is 103 Å². The van der Waals surface area contributed by atoms with E-state index in [0.29, 0.717) is 12.8 Å². The molecule has 0 saturated heterocycles. The maximum atomic E-state index is 13.4. The summed E-state index contributed by atoms with van der Waals surface area (Å²) in [7, 11) is 4.05. The number of carbonyl (C=O) groups excluding carboxylic acids is 1. The van der Waals surface area contributed by atoms with Gasteiger partial charge in [0.05, 0.1) is 24.5 Å². The van der Waals surface area contributed by atoms with Crippen molar-refractivity contribution in [1.82, 2.24) is 14.6 Å². The lowest BCUT2D eigenvalue weighted by molar-refractivity contribution is -0.132. The third-order valence-corrected chi connectivity index (χ3v) is 6.16. The fraction of sp³-hybridized carbons (Fsp3) is 0.179. The van der Waals surface area contributed by atoms with Crippen molar-refractivity contribution in [1.29, 1.82) is 0 Å². The summed E-state index contributed by atoms with van der Waals surface area (Å²) in [5.74, 6) is -0.00192. The first kappa shape index (κ1) is 21.6. The van der Waals surface area contributed by atoms with E-state index in [1.807, 2.05) is 55.2 Å². The smallest absolute Gasteiger partial charge is 0.247 e. The number of hydrogen-bond donors (Lipinski definition) is 0. The van der Waals surface area contributed by atoms with E-state index in [1.165, 1.54) is 0 Å². The zero-order valence-corrected chi connectivity index (χ0v) is 19.4. The van der Waals surface area contributed by atoms with Gasteiger partial charge in [0.15, 0.2) is 0 Å². The van der Waals surface area contributed by atoms with Gasteiger partial charge in [-0.1, -0.05) is 54.6 Å². The summed E-state index contributed by atoms with van der Waals surface area (Å²) < 4.78 is 1.96. The van der Waals surface area contributed by atoms with E-state index in [1.54, 1.807) is 17.5 Å². The molecule has 0 aliphatic carbocycles. The molecular weight excluding hydrogens is 422 g/mol. The molecule has 1 unspecified atom stereocenters. The van der Waals surface area contributed by atoms with Crippen LogP contribution >= 0.6 is 0 Å². The molecule has 0 saturated carbocycles. The quantitative estimate of drug-likeness (QED) is 0.423. The molecule has 6 nitrogen and oxygen atoms in total. The number of nitrogens with zero attached hydrogens (tertiary/aromatic N) is 5. The Balaban J connectivity index is 1.44. The highest BCUT2D eigenvalue weighted by Crippen LogP contribution is 2.34. The van der Waals surface area contributed by atoms with Crippen LogP contribution < -0.4 is 4.90 Å². The van der Waals surface area contributed by atoms with E-state index in [0.717, 1.165) is 33.8 Å². The van der Waals surface area contributed by atoms with Crippen molar-refractivity contribution in [3.8, 4) is 5.69 Å². The van der Waals surface area contributed by atoms with Crippen LogP contribution in [0.25, 0.3) is 5.69 Å². The van der Waals surface area contributed by atoms with E-state index in [9.17, 15) is 4.79 Å². The molecular formula is C28H27N5O. The van der Waals surface area contributed by atoms with Crippen molar-refractivity contribution in [2.75, 3.05) is 19.0 Å². The summed E-state index contributed by atoms with van der Waals surface area (Å²) in [6.07, 6.45) is 6.45. The molecule has 1 aliphatic heterocycles. The maximum Gasteiger partial charge on any atom is 0.247 e. The van der Waals surface area contributed by atoms with Crippen LogP contribution in [0.2, 0.25) is 0 Å². The van der Waals surface area contributed by atoms with Crippen LogP contribution in [-0.2, 0) is 11.2 Å². The molecule has 0 radical (unpaired) electrons. The molecule has 1 amide bonds. The Kier molecular flexibility index (Phi) is 5.95. The molecule has 0 fully saturated rings. The Hall–Kier alpha value is -4.19. The minimum atomic E-state index is -0.129. The summed E-state index contributed by atoms with van der Waals surface area (Å²) in [5.41, 5.74) is 6.17. The van der Waals surface area contributed by atoms with Gasteiger partial charge in [-0.3, -0.25) is 4.79 Å². The number of amides is 1. The Morgan fingerprint density at radius 2 is 1.71 bits per heavy atom. The van der Waals surface area contributed by atoms with Crippen molar-refractivity contribution in [2.24, 2.45) is 5.10 Å². The molecule has 34 heavy (non-hydrogen) atoms. The predicted octanol–water partition coefficient (Wildman–Crippen LogP) is 4.86. The minimum absolute atomic E-state index is 0.00192. The third-order valence-electron chi connectivity index (χ3n) is 6.16. The average Bonchev–Trinajstić information content (AvgIpc) is 3.56. The molecule has 1 aliphatic rings. The zero-order chi connectivity index (χ0) is 23.5. The lowest BCUT2D eigenvalue weighted by Crippen LogP contribution is -2.28. The number of hydrazone groups is 1. The second-order valence-corrected chi connectivity index (χ2v) is 8.67. The number of anilines is 1. The van der Waals surface area contributed by atoms with Gasteiger partial charge in [0.2, 0.25) is 5.91 Å². The molecule has 5 rings (SSSR count). The first-order valence-electron chi connectivity index (χ1n) is 11.4. The lowest BCUT2D eigenvalue weighted by atomic mass is 9.97. The highest BCUT2D eigenvalue weighted by atomic mass is 16.2. The highest BCUT2D eigenvalue weighted by Gasteiger charge is 2.33. The van der Waals surface area contributed by atoms with Crippen molar-refractivity contribution < 1.29 is 4.79 Å². The summed E-state index contributed by atoms with van der Waals surface area (Å²) in [6.45, 7) is 0. The minimum Gasteiger partial charge on any atom is -0.378 e. The topological polar surface area (TPSA) is 53.7 Å². The molecule has 3 aromatic carbocycles.